The van der Waals surface area contributed by atoms with Crippen molar-refractivity contribution in [3.05, 3.63) is 69.7 Å². The lowest BCUT2D eigenvalue weighted by atomic mass is 10.1. The predicted octanol–water partition coefficient (Wildman–Crippen LogP) is 3.80. The van der Waals surface area contributed by atoms with Gasteiger partial charge >= 0.3 is 0 Å². The molecule has 1 N–H and O–H groups in total. The Balaban J connectivity index is 1.96. The first kappa shape index (κ1) is 15.2. The molecule has 0 aliphatic rings. The molecule has 106 valence electrons. The molecule has 2 rings (SSSR count). The summed E-state index contributed by atoms with van der Waals surface area (Å²) in [6, 6.07) is 17.0. The van der Waals surface area contributed by atoms with Gasteiger partial charge in [-0.3, -0.25) is 0 Å². The van der Waals surface area contributed by atoms with E-state index in [0.29, 0.717) is 0 Å². The van der Waals surface area contributed by atoms with E-state index in [1.165, 1.54) is 16.7 Å². The number of halogens is 1. The van der Waals surface area contributed by atoms with Crippen molar-refractivity contribution >= 4 is 15.9 Å². The van der Waals surface area contributed by atoms with Crippen LogP contribution in [0.2, 0.25) is 0 Å². The lowest BCUT2D eigenvalue weighted by molar-refractivity contribution is 0.400. The molecule has 0 aliphatic heterocycles. The second-order valence-corrected chi connectivity index (χ2v) is 6.06. The van der Waals surface area contributed by atoms with E-state index < -0.39 is 0 Å². The van der Waals surface area contributed by atoms with E-state index in [2.05, 4.69) is 82.7 Å². The molecule has 0 fully saturated rings. The van der Waals surface area contributed by atoms with Gasteiger partial charge in [-0.1, -0.05) is 58.4 Å². The van der Waals surface area contributed by atoms with Crippen LogP contribution in [0.3, 0.4) is 0 Å². The Kier molecular flexibility index (Phi) is 5.77. The molecule has 0 aliphatic carbocycles. The van der Waals surface area contributed by atoms with E-state index in [4.69, 9.17) is 0 Å². The first-order valence-electron chi connectivity index (χ1n) is 6.82. The Morgan fingerprint density at radius 2 is 1.40 bits per heavy atom. The molecule has 2 aromatic carbocycles. The average Bonchev–Trinajstić information content (AvgIpc) is 2.42. The fourth-order valence-electron chi connectivity index (χ4n) is 2.20. The third kappa shape index (κ3) is 4.44. The number of nitrogens with zero attached hydrogens (tertiary/aromatic N) is 1. The van der Waals surface area contributed by atoms with Crippen molar-refractivity contribution < 1.29 is 0 Å². The van der Waals surface area contributed by atoms with Gasteiger partial charge in [0.2, 0.25) is 0 Å². The van der Waals surface area contributed by atoms with Crippen molar-refractivity contribution in [3.8, 4) is 0 Å². The van der Waals surface area contributed by atoms with Gasteiger partial charge in [-0.25, -0.2) is 0 Å². The van der Waals surface area contributed by atoms with Crippen molar-refractivity contribution in [2.45, 2.75) is 19.6 Å². The summed E-state index contributed by atoms with van der Waals surface area (Å²) in [6.45, 7) is 2.75. The van der Waals surface area contributed by atoms with Crippen LogP contribution >= 0.6 is 15.9 Å². The van der Waals surface area contributed by atoms with Gasteiger partial charge in [-0.2, -0.15) is 0 Å². The molecule has 0 saturated heterocycles. The maximum atomic E-state index is 3.58. The molecule has 0 amide bonds. The number of nitrogens with one attached hydrogen (secondary N) is 1. The number of hydrogen-bond acceptors (Lipinski definition) is 2. The quantitative estimate of drug-likeness (QED) is 0.865. The van der Waals surface area contributed by atoms with Gasteiger partial charge in [0.25, 0.3) is 0 Å². The minimum atomic E-state index is 0.873. The van der Waals surface area contributed by atoms with Gasteiger partial charge in [0.05, 0.1) is 0 Å². The largest absolute Gasteiger partial charge is 0.309 e. The molecule has 2 nitrogen and oxygen atoms in total. The first-order valence-corrected chi connectivity index (χ1v) is 7.62. The van der Waals surface area contributed by atoms with Crippen molar-refractivity contribution in [3.63, 3.8) is 0 Å². The molecule has 0 spiro atoms. The van der Waals surface area contributed by atoms with Crippen LogP contribution in [0.25, 0.3) is 0 Å². The van der Waals surface area contributed by atoms with Crippen LogP contribution in [-0.4, -0.2) is 19.0 Å². The Bertz CT molecular complexity index is 552. The normalized spacial score (nSPS) is 11.0. The Hall–Kier alpha value is -1.16. The summed E-state index contributed by atoms with van der Waals surface area (Å²) in [4.78, 5) is 2.20. The summed E-state index contributed by atoms with van der Waals surface area (Å²) in [5.41, 5.74) is 4.04. The highest BCUT2D eigenvalue weighted by molar-refractivity contribution is 9.10. The fraction of sp³-hybridized carbons (Fsp3) is 0.294. The van der Waals surface area contributed by atoms with Gasteiger partial charge < -0.3 is 10.2 Å². The highest BCUT2D eigenvalue weighted by atomic mass is 79.9. The van der Waals surface area contributed by atoms with Crippen LogP contribution in [0.15, 0.2) is 53.0 Å². The van der Waals surface area contributed by atoms with Crippen LogP contribution in [0.1, 0.15) is 16.7 Å². The predicted molar refractivity (Wildman–Crippen MR) is 88.5 cm³/mol. The van der Waals surface area contributed by atoms with Gasteiger partial charge in [0.1, 0.15) is 0 Å². The molecule has 0 aromatic heterocycles. The maximum Gasteiger partial charge on any atom is 0.0230 e. The lowest BCUT2D eigenvalue weighted by Crippen LogP contribution is -2.17. The smallest absolute Gasteiger partial charge is 0.0230 e. The number of hydrogen-bond donors (Lipinski definition) is 1. The summed E-state index contributed by atoms with van der Waals surface area (Å²) in [5, 5.41) is 3.52. The molecule has 0 radical (unpaired) electrons. The first-order chi connectivity index (χ1) is 9.66. The summed E-state index contributed by atoms with van der Waals surface area (Å²) >= 11 is 3.58. The standard InChI is InChI=1S/C17H21BrN2/c1-20(2)13-16-9-4-3-7-14(16)11-19-12-15-8-5-6-10-17(15)18/h3-10,19H,11-13H2,1-2H3. The second kappa shape index (κ2) is 7.58. The Morgan fingerprint density at radius 1 is 0.850 bits per heavy atom. The average molecular weight is 333 g/mol. The molecule has 20 heavy (non-hydrogen) atoms. The second-order valence-electron chi connectivity index (χ2n) is 5.20. The summed E-state index contributed by atoms with van der Waals surface area (Å²) in [6.07, 6.45) is 0. The van der Waals surface area contributed by atoms with E-state index in [9.17, 15) is 0 Å². The molecule has 0 heterocycles. The van der Waals surface area contributed by atoms with Crippen molar-refractivity contribution in [1.29, 1.82) is 0 Å². The van der Waals surface area contributed by atoms with E-state index in [1.54, 1.807) is 0 Å². The number of rotatable bonds is 6. The number of benzene rings is 2. The van der Waals surface area contributed by atoms with E-state index >= 15 is 0 Å². The molecule has 0 saturated carbocycles. The zero-order chi connectivity index (χ0) is 14.4. The topological polar surface area (TPSA) is 15.3 Å². The zero-order valence-corrected chi connectivity index (χ0v) is 13.7. The van der Waals surface area contributed by atoms with Gasteiger partial charge in [-0.15, -0.1) is 0 Å². The van der Waals surface area contributed by atoms with E-state index in [-0.39, 0.29) is 0 Å². The monoisotopic (exact) mass is 332 g/mol. The highest BCUT2D eigenvalue weighted by Crippen LogP contribution is 2.16. The van der Waals surface area contributed by atoms with Crippen LogP contribution < -0.4 is 5.32 Å². The maximum absolute atomic E-state index is 3.58. The van der Waals surface area contributed by atoms with Crippen LogP contribution in [0, 0.1) is 0 Å². The van der Waals surface area contributed by atoms with Crippen LogP contribution in [0.5, 0.6) is 0 Å². The molecule has 0 atom stereocenters. The summed E-state index contributed by atoms with van der Waals surface area (Å²) < 4.78 is 1.16. The minimum Gasteiger partial charge on any atom is -0.309 e. The Morgan fingerprint density at radius 3 is 2.05 bits per heavy atom. The van der Waals surface area contributed by atoms with Gasteiger partial charge in [0, 0.05) is 24.1 Å². The molecular formula is C17H21BrN2. The molecule has 2 aromatic rings. The minimum absolute atomic E-state index is 0.873. The Labute approximate surface area is 129 Å². The third-order valence-electron chi connectivity index (χ3n) is 3.19. The van der Waals surface area contributed by atoms with Gasteiger partial charge in [0.15, 0.2) is 0 Å². The third-order valence-corrected chi connectivity index (χ3v) is 3.97. The summed E-state index contributed by atoms with van der Waals surface area (Å²) in [5.74, 6) is 0. The van der Waals surface area contributed by atoms with Gasteiger partial charge in [-0.05, 0) is 36.9 Å². The lowest BCUT2D eigenvalue weighted by Gasteiger charge is -2.15. The van der Waals surface area contributed by atoms with Crippen molar-refractivity contribution in [2.24, 2.45) is 0 Å². The molecule has 3 heteroatoms. The van der Waals surface area contributed by atoms with Crippen LogP contribution in [0.4, 0.5) is 0 Å². The van der Waals surface area contributed by atoms with E-state index in [1.807, 2.05) is 6.07 Å². The van der Waals surface area contributed by atoms with E-state index in [0.717, 1.165) is 24.1 Å². The van der Waals surface area contributed by atoms with Crippen molar-refractivity contribution in [1.82, 2.24) is 10.2 Å². The van der Waals surface area contributed by atoms with Crippen molar-refractivity contribution in [2.75, 3.05) is 14.1 Å². The highest BCUT2D eigenvalue weighted by Gasteiger charge is 2.03. The molecule has 0 bridgehead atoms. The molecule has 0 unspecified atom stereocenters. The zero-order valence-electron chi connectivity index (χ0n) is 12.1. The summed E-state index contributed by atoms with van der Waals surface area (Å²) in [7, 11) is 4.20. The SMILES string of the molecule is CN(C)Cc1ccccc1CNCc1ccccc1Br. The van der Waals surface area contributed by atoms with Crippen LogP contribution in [-0.2, 0) is 19.6 Å². The fourth-order valence-corrected chi connectivity index (χ4v) is 2.62. The molecular weight excluding hydrogens is 312 g/mol.